The average molecular weight is 532 g/mol. The van der Waals surface area contributed by atoms with E-state index in [9.17, 15) is 23.1 Å². The van der Waals surface area contributed by atoms with E-state index in [4.69, 9.17) is 0 Å². The summed E-state index contributed by atoms with van der Waals surface area (Å²) in [6.07, 6.45) is 2.58. The van der Waals surface area contributed by atoms with Gasteiger partial charge in [-0.3, -0.25) is 4.79 Å². The Labute approximate surface area is 216 Å². The van der Waals surface area contributed by atoms with Gasteiger partial charge in [-0.15, -0.1) is 11.3 Å². The van der Waals surface area contributed by atoms with E-state index in [0.717, 1.165) is 54.2 Å². The van der Waals surface area contributed by atoms with Crippen molar-refractivity contribution in [1.82, 2.24) is 19.9 Å². The summed E-state index contributed by atoms with van der Waals surface area (Å²) in [5, 5.41) is 14.8. The Morgan fingerprint density at radius 2 is 1.89 bits per heavy atom. The van der Waals surface area contributed by atoms with E-state index in [1.807, 2.05) is 17.9 Å². The van der Waals surface area contributed by atoms with Gasteiger partial charge in [0.15, 0.2) is 0 Å². The van der Waals surface area contributed by atoms with Gasteiger partial charge in [-0.05, 0) is 74.8 Å². The zero-order valence-electron chi connectivity index (χ0n) is 20.4. The summed E-state index contributed by atoms with van der Waals surface area (Å²) in [5.74, 6) is 0.0242. The van der Waals surface area contributed by atoms with Crippen LogP contribution in [0.25, 0.3) is 10.4 Å². The number of nitrogens with one attached hydrogen (secondary N) is 1. The Morgan fingerprint density at radius 1 is 1.16 bits per heavy atom. The Balaban J connectivity index is 1.30. The number of likely N-dealkylation sites (tertiary alicyclic amines) is 1. The van der Waals surface area contributed by atoms with E-state index in [2.05, 4.69) is 20.3 Å². The molecule has 196 valence electrons. The molecule has 5 rings (SSSR count). The van der Waals surface area contributed by atoms with Gasteiger partial charge >= 0.3 is 6.18 Å². The molecule has 2 aromatic heterocycles. The SMILES string of the molecule is Cc1cc(Nc2nccc(C(F)(F)F)n2)cc(-c2cnc([C@]3(O)CC[C@@H](C(=O)N4CCCC4)CC3)s2)c1. The number of thiazole rings is 1. The Kier molecular flexibility index (Phi) is 6.93. The normalized spacial score (nSPS) is 22.3. The molecule has 1 saturated heterocycles. The number of hydrogen-bond donors (Lipinski definition) is 2. The molecule has 1 amide bonds. The highest BCUT2D eigenvalue weighted by molar-refractivity contribution is 7.15. The third kappa shape index (κ3) is 5.62. The third-order valence-corrected chi connectivity index (χ3v) is 8.29. The van der Waals surface area contributed by atoms with Gasteiger partial charge in [0.1, 0.15) is 16.3 Å². The zero-order chi connectivity index (χ0) is 26.2. The monoisotopic (exact) mass is 531 g/mol. The van der Waals surface area contributed by atoms with Crippen molar-refractivity contribution in [2.24, 2.45) is 5.92 Å². The molecule has 7 nitrogen and oxygen atoms in total. The molecule has 37 heavy (non-hydrogen) atoms. The van der Waals surface area contributed by atoms with Crippen LogP contribution >= 0.6 is 11.3 Å². The van der Waals surface area contributed by atoms with E-state index in [-0.39, 0.29) is 17.8 Å². The van der Waals surface area contributed by atoms with E-state index in [1.165, 1.54) is 11.3 Å². The molecule has 0 radical (unpaired) electrons. The molecule has 1 aliphatic carbocycles. The number of carbonyl (C=O) groups is 1. The van der Waals surface area contributed by atoms with Crippen molar-refractivity contribution in [1.29, 1.82) is 0 Å². The number of alkyl halides is 3. The minimum atomic E-state index is -4.56. The molecular formula is C26H28F3N5O2S. The molecule has 0 unspecified atom stereocenters. The van der Waals surface area contributed by atoms with Crippen molar-refractivity contribution in [2.45, 2.75) is 57.2 Å². The lowest BCUT2D eigenvalue weighted by molar-refractivity contribution is -0.141. The summed E-state index contributed by atoms with van der Waals surface area (Å²) >= 11 is 1.39. The molecule has 0 atom stereocenters. The summed E-state index contributed by atoms with van der Waals surface area (Å²) in [4.78, 5) is 27.5. The van der Waals surface area contributed by atoms with E-state index < -0.39 is 17.5 Å². The molecule has 0 bridgehead atoms. The number of carbonyl (C=O) groups excluding carboxylic acids is 1. The van der Waals surface area contributed by atoms with Crippen molar-refractivity contribution in [3.8, 4) is 10.4 Å². The second-order valence-electron chi connectivity index (χ2n) is 9.84. The largest absolute Gasteiger partial charge is 0.433 e. The van der Waals surface area contributed by atoms with Crippen molar-refractivity contribution in [3.05, 3.63) is 52.9 Å². The maximum absolute atomic E-state index is 13.0. The number of benzene rings is 1. The molecule has 1 aliphatic heterocycles. The van der Waals surface area contributed by atoms with Gasteiger partial charge in [0, 0.05) is 37.1 Å². The molecule has 3 heterocycles. The van der Waals surface area contributed by atoms with Crippen molar-refractivity contribution < 1.29 is 23.1 Å². The van der Waals surface area contributed by atoms with E-state index in [0.29, 0.717) is 36.4 Å². The van der Waals surface area contributed by atoms with Crippen LogP contribution in [0.15, 0.2) is 36.7 Å². The molecule has 0 spiro atoms. The van der Waals surface area contributed by atoms with Crippen LogP contribution < -0.4 is 5.32 Å². The van der Waals surface area contributed by atoms with Gasteiger partial charge in [0.2, 0.25) is 11.9 Å². The molecule has 1 aromatic carbocycles. The Bertz CT molecular complexity index is 1280. The lowest BCUT2D eigenvalue weighted by Crippen LogP contribution is -2.39. The van der Waals surface area contributed by atoms with Gasteiger partial charge in [0.25, 0.3) is 0 Å². The van der Waals surface area contributed by atoms with Gasteiger partial charge in [0.05, 0.1) is 4.88 Å². The molecule has 2 N–H and O–H groups in total. The molecule has 11 heteroatoms. The minimum absolute atomic E-state index is 0.0405. The van der Waals surface area contributed by atoms with Crippen LogP contribution in [0.3, 0.4) is 0 Å². The number of aliphatic hydroxyl groups is 1. The number of aromatic nitrogens is 3. The van der Waals surface area contributed by atoms with Crippen molar-refractivity contribution in [2.75, 3.05) is 18.4 Å². The lowest BCUT2D eigenvalue weighted by Gasteiger charge is -2.35. The molecule has 1 saturated carbocycles. The van der Waals surface area contributed by atoms with Crippen LogP contribution in [0, 0.1) is 12.8 Å². The maximum atomic E-state index is 13.0. The van der Waals surface area contributed by atoms with Crippen LogP contribution in [0.4, 0.5) is 24.8 Å². The number of aryl methyl sites for hydroxylation is 1. The lowest BCUT2D eigenvalue weighted by atomic mass is 9.78. The highest BCUT2D eigenvalue weighted by Crippen LogP contribution is 2.43. The first kappa shape index (κ1) is 25.6. The summed E-state index contributed by atoms with van der Waals surface area (Å²) in [6, 6.07) is 6.36. The quantitative estimate of drug-likeness (QED) is 0.441. The first-order chi connectivity index (χ1) is 17.6. The number of nitrogens with zero attached hydrogens (tertiary/aromatic N) is 4. The van der Waals surface area contributed by atoms with E-state index in [1.54, 1.807) is 18.3 Å². The summed E-state index contributed by atoms with van der Waals surface area (Å²) < 4.78 is 39.0. The smallest absolute Gasteiger partial charge is 0.383 e. The second-order valence-corrected chi connectivity index (χ2v) is 10.9. The molecular weight excluding hydrogens is 503 g/mol. The second kappa shape index (κ2) is 10.0. The van der Waals surface area contributed by atoms with Crippen LogP contribution in [0.2, 0.25) is 0 Å². The summed E-state index contributed by atoms with van der Waals surface area (Å²) in [7, 11) is 0. The number of amides is 1. The number of rotatable bonds is 5. The van der Waals surface area contributed by atoms with Gasteiger partial charge in [-0.1, -0.05) is 6.07 Å². The van der Waals surface area contributed by atoms with Crippen LogP contribution in [-0.2, 0) is 16.6 Å². The van der Waals surface area contributed by atoms with Gasteiger partial charge in [-0.2, -0.15) is 13.2 Å². The van der Waals surface area contributed by atoms with Gasteiger partial charge < -0.3 is 15.3 Å². The van der Waals surface area contributed by atoms with Crippen molar-refractivity contribution >= 4 is 28.9 Å². The first-order valence-electron chi connectivity index (χ1n) is 12.4. The predicted molar refractivity (Wildman–Crippen MR) is 134 cm³/mol. The van der Waals surface area contributed by atoms with Crippen LogP contribution in [0.1, 0.15) is 54.8 Å². The third-order valence-electron chi connectivity index (χ3n) is 7.05. The molecule has 2 aliphatic rings. The fraction of sp³-hybridized carbons (Fsp3) is 0.462. The van der Waals surface area contributed by atoms with Crippen LogP contribution in [0.5, 0.6) is 0 Å². The summed E-state index contributed by atoms with van der Waals surface area (Å²) in [6.45, 7) is 3.56. The number of halogens is 3. The standard InChI is InChI=1S/C26H28F3N5O2S/c1-16-12-18(14-19(13-16)32-24-30-9-6-21(33-24)26(27,28)29)20-15-31-23(37-20)25(36)7-4-17(5-8-25)22(35)34-10-2-3-11-34/h6,9,12-15,17,36H,2-5,7-8,10-11H2,1H3,(H,30,32,33)/t17-,25+. The van der Waals surface area contributed by atoms with Gasteiger partial charge in [-0.25, -0.2) is 15.0 Å². The first-order valence-corrected chi connectivity index (χ1v) is 13.2. The highest BCUT2D eigenvalue weighted by Gasteiger charge is 2.40. The fourth-order valence-electron chi connectivity index (χ4n) is 5.08. The highest BCUT2D eigenvalue weighted by atomic mass is 32.1. The molecule has 3 aromatic rings. The Hall–Kier alpha value is -3.05. The summed E-state index contributed by atoms with van der Waals surface area (Å²) in [5.41, 5.74) is 0.168. The fourth-order valence-corrected chi connectivity index (χ4v) is 6.13. The molecule has 2 fully saturated rings. The Morgan fingerprint density at radius 3 is 2.59 bits per heavy atom. The number of hydrogen-bond acceptors (Lipinski definition) is 7. The van der Waals surface area contributed by atoms with E-state index >= 15 is 0 Å². The zero-order valence-corrected chi connectivity index (χ0v) is 21.2. The average Bonchev–Trinajstić information content (AvgIpc) is 3.57. The number of anilines is 2. The van der Waals surface area contributed by atoms with Crippen molar-refractivity contribution in [3.63, 3.8) is 0 Å². The maximum Gasteiger partial charge on any atom is 0.433 e. The predicted octanol–water partition coefficient (Wildman–Crippen LogP) is 5.67. The minimum Gasteiger partial charge on any atom is -0.383 e. The topological polar surface area (TPSA) is 91.2 Å². The van der Waals surface area contributed by atoms with Crippen LogP contribution in [-0.4, -0.2) is 44.0 Å².